The Bertz CT molecular complexity index is 789. The number of carbonyl (C=O) groups excluding carboxylic acids is 1. The molecule has 2 heterocycles. The molecule has 1 aromatic carbocycles. The van der Waals surface area contributed by atoms with E-state index in [0.29, 0.717) is 28.2 Å². The lowest BCUT2D eigenvalue weighted by molar-refractivity contribution is 0.0946. The highest BCUT2D eigenvalue weighted by atomic mass is 35.5. The summed E-state index contributed by atoms with van der Waals surface area (Å²) in [5.74, 6) is 0.472. The summed E-state index contributed by atoms with van der Waals surface area (Å²) in [6, 6.07) is 12.9. The molecule has 0 saturated heterocycles. The van der Waals surface area contributed by atoms with E-state index in [9.17, 15) is 4.79 Å². The Hall–Kier alpha value is -2.44. The van der Waals surface area contributed by atoms with Gasteiger partial charge in [0.05, 0.1) is 0 Å². The molecule has 1 amide bonds. The predicted molar refractivity (Wildman–Crippen MR) is 92.3 cm³/mol. The second-order valence-electron chi connectivity index (χ2n) is 4.69. The van der Waals surface area contributed by atoms with Crippen LogP contribution < -0.4 is 10.6 Å². The molecule has 23 heavy (non-hydrogen) atoms. The molecule has 2 N–H and O–H groups in total. The van der Waals surface area contributed by atoms with Crippen molar-refractivity contribution in [2.24, 2.45) is 0 Å². The number of nitrogens with one attached hydrogen (secondary N) is 2. The van der Waals surface area contributed by atoms with Gasteiger partial charge < -0.3 is 10.6 Å². The summed E-state index contributed by atoms with van der Waals surface area (Å²) in [5.41, 5.74) is 1.35. The van der Waals surface area contributed by atoms with Gasteiger partial charge >= 0.3 is 0 Å². The van der Waals surface area contributed by atoms with Crippen LogP contribution in [0.15, 0.2) is 54.0 Å². The van der Waals surface area contributed by atoms with Gasteiger partial charge in [0.15, 0.2) is 5.13 Å². The SMILES string of the molecule is O=C(NCc1ccc(Cl)cc1)c1csc(Nc2ccccn2)n1. The number of carbonyl (C=O) groups is 1. The topological polar surface area (TPSA) is 66.9 Å². The van der Waals surface area contributed by atoms with Crippen LogP contribution in [0.4, 0.5) is 10.9 Å². The molecule has 0 bridgehead atoms. The molecule has 5 nitrogen and oxygen atoms in total. The van der Waals surface area contributed by atoms with Gasteiger partial charge in [-0.05, 0) is 29.8 Å². The summed E-state index contributed by atoms with van der Waals surface area (Å²) in [4.78, 5) is 20.5. The molecule has 7 heteroatoms. The van der Waals surface area contributed by atoms with Crippen LogP contribution in [-0.4, -0.2) is 15.9 Å². The van der Waals surface area contributed by atoms with Gasteiger partial charge in [0.25, 0.3) is 5.91 Å². The number of halogens is 1. The second-order valence-corrected chi connectivity index (χ2v) is 5.98. The van der Waals surface area contributed by atoms with Crippen molar-refractivity contribution in [1.29, 1.82) is 0 Å². The lowest BCUT2D eigenvalue weighted by Crippen LogP contribution is -2.23. The number of amides is 1. The maximum atomic E-state index is 12.1. The Labute approximate surface area is 142 Å². The number of hydrogen-bond donors (Lipinski definition) is 2. The van der Waals surface area contributed by atoms with Crippen molar-refractivity contribution < 1.29 is 4.79 Å². The minimum atomic E-state index is -0.217. The second kappa shape index (κ2) is 7.21. The summed E-state index contributed by atoms with van der Waals surface area (Å²) < 4.78 is 0. The first-order valence-corrected chi connectivity index (χ1v) is 8.13. The molecule has 116 valence electrons. The molecule has 0 unspecified atom stereocenters. The Kier molecular flexibility index (Phi) is 4.85. The molecule has 0 aliphatic carbocycles. The Morgan fingerprint density at radius 2 is 2.00 bits per heavy atom. The van der Waals surface area contributed by atoms with Crippen LogP contribution in [0.1, 0.15) is 16.1 Å². The molecule has 0 atom stereocenters. The van der Waals surface area contributed by atoms with Crippen LogP contribution in [0, 0.1) is 0 Å². The highest BCUT2D eigenvalue weighted by molar-refractivity contribution is 7.14. The van der Waals surface area contributed by atoms with Crippen molar-refractivity contribution >= 4 is 39.8 Å². The molecule has 0 fully saturated rings. The number of nitrogens with zero attached hydrogens (tertiary/aromatic N) is 2. The monoisotopic (exact) mass is 344 g/mol. The van der Waals surface area contributed by atoms with Gasteiger partial charge in [0, 0.05) is 23.1 Å². The summed E-state index contributed by atoms with van der Waals surface area (Å²) in [6.45, 7) is 0.427. The summed E-state index contributed by atoms with van der Waals surface area (Å²) >= 11 is 7.19. The third-order valence-corrected chi connectivity index (χ3v) is 4.01. The fourth-order valence-electron chi connectivity index (χ4n) is 1.86. The fraction of sp³-hybridized carbons (Fsp3) is 0.0625. The molecule has 0 saturated carbocycles. The number of rotatable bonds is 5. The first-order valence-electron chi connectivity index (χ1n) is 6.87. The van der Waals surface area contributed by atoms with E-state index in [4.69, 9.17) is 11.6 Å². The smallest absolute Gasteiger partial charge is 0.271 e. The van der Waals surface area contributed by atoms with Gasteiger partial charge in [-0.25, -0.2) is 9.97 Å². The van der Waals surface area contributed by atoms with E-state index in [1.807, 2.05) is 30.3 Å². The van der Waals surface area contributed by atoms with Crippen LogP contribution in [-0.2, 0) is 6.54 Å². The predicted octanol–water partition coefficient (Wildman–Crippen LogP) is 3.87. The molecular weight excluding hydrogens is 332 g/mol. The quantitative estimate of drug-likeness (QED) is 0.737. The van der Waals surface area contributed by atoms with Gasteiger partial charge in [0.1, 0.15) is 11.5 Å². The molecule has 3 rings (SSSR count). The van der Waals surface area contributed by atoms with Gasteiger partial charge in [-0.15, -0.1) is 11.3 Å². The minimum Gasteiger partial charge on any atom is -0.347 e. The maximum Gasteiger partial charge on any atom is 0.271 e. The Morgan fingerprint density at radius 3 is 2.74 bits per heavy atom. The average Bonchev–Trinajstić information content (AvgIpc) is 3.03. The molecular formula is C16H13ClN4OS. The van der Waals surface area contributed by atoms with E-state index in [1.165, 1.54) is 11.3 Å². The van der Waals surface area contributed by atoms with Crippen molar-refractivity contribution in [3.05, 3.63) is 70.3 Å². The lowest BCUT2D eigenvalue weighted by Gasteiger charge is -2.03. The van der Waals surface area contributed by atoms with Crippen LogP contribution in [0.2, 0.25) is 5.02 Å². The van der Waals surface area contributed by atoms with E-state index in [-0.39, 0.29) is 5.91 Å². The zero-order chi connectivity index (χ0) is 16.1. The van der Waals surface area contributed by atoms with E-state index >= 15 is 0 Å². The third-order valence-electron chi connectivity index (χ3n) is 3.00. The zero-order valence-electron chi connectivity index (χ0n) is 12.0. The highest BCUT2D eigenvalue weighted by Crippen LogP contribution is 2.19. The molecule has 0 aliphatic heterocycles. The van der Waals surface area contributed by atoms with Gasteiger partial charge in [-0.3, -0.25) is 4.79 Å². The summed E-state index contributed by atoms with van der Waals surface area (Å²) in [6.07, 6.45) is 1.69. The number of anilines is 2. The van der Waals surface area contributed by atoms with Crippen LogP contribution in [0.5, 0.6) is 0 Å². The standard InChI is InChI=1S/C16H13ClN4OS/c17-12-6-4-11(5-7-12)9-19-15(22)13-10-23-16(20-13)21-14-3-1-2-8-18-14/h1-8,10H,9H2,(H,19,22)(H,18,20,21). The number of thiazole rings is 1. The molecule has 2 aromatic heterocycles. The van der Waals surface area contributed by atoms with E-state index in [1.54, 1.807) is 23.7 Å². The van der Waals surface area contributed by atoms with E-state index in [0.717, 1.165) is 5.56 Å². The minimum absolute atomic E-state index is 0.217. The third kappa shape index (κ3) is 4.28. The largest absolute Gasteiger partial charge is 0.347 e. The lowest BCUT2D eigenvalue weighted by atomic mass is 10.2. The van der Waals surface area contributed by atoms with Crippen molar-refractivity contribution in [1.82, 2.24) is 15.3 Å². The number of benzene rings is 1. The molecule has 0 aliphatic rings. The van der Waals surface area contributed by atoms with E-state index < -0.39 is 0 Å². The van der Waals surface area contributed by atoms with Crippen LogP contribution >= 0.6 is 22.9 Å². The number of aromatic nitrogens is 2. The maximum absolute atomic E-state index is 12.1. The summed E-state index contributed by atoms with van der Waals surface area (Å²) in [5, 5.41) is 8.90. The van der Waals surface area contributed by atoms with Crippen molar-refractivity contribution in [2.75, 3.05) is 5.32 Å². The highest BCUT2D eigenvalue weighted by Gasteiger charge is 2.10. The Balaban J connectivity index is 1.59. The first-order chi connectivity index (χ1) is 11.2. The first kappa shape index (κ1) is 15.5. The zero-order valence-corrected chi connectivity index (χ0v) is 13.6. The van der Waals surface area contributed by atoms with Crippen LogP contribution in [0.3, 0.4) is 0 Å². The van der Waals surface area contributed by atoms with Crippen molar-refractivity contribution in [3.8, 4) is 0 Å². The van der Waals surface area contributed by atoms with Gasteiger partial charge in [0.2, 0.25) is 0 Å². The molecule has 3 aromatic rings. The van der Waals surface area contributed by atoms with Gasteiger partial charge in [-0.2, -0.15) is 0 Å². The number of hydrogen-bond acceptors (Lipinski definition) is 5. The van der Waals surface area contributed by atoms with Crippen molar-refractivity contribution in [2.45, 2.75) is 6.54 Å². The average molecular weight is 345 g/mol. The van der Waals surface area contributed by atoms with E-state index in [2.05, 4.69) is 20.6 Å². The summed E-state index contributed by atoms with van der Waals surface area (Å²) in [7, 11) is 0. The number of pyridine rings is 1. The molecule has 0 spiro atoms. The van der Waals surface area contributed by atoms with Crippen molar-refractivity contribution in [3.63, 3.8) is 0 Å². The molecule has 0 radical (unpaired) electrons. The Morgan fingerprint density at radius 1 is 1.17 bits per heavy atom. The normalized spacial score (nSPS) is 10.3. The van der Waals surface area contributed by atoms with Crippen LogP contribution in [0.25, 0.3) is 0 Å². The van der Waals surface area contributed by atoms with Gasteiger partial charge in [-0.1, -0.05) is 29.8 Å². The fourth-order valence-corrected chi connectivity index (χ4v) is 2.68.